The van der Waals surface area contributed by atoms with Crippen LogP contribution in [0.3, 0.4) is 0 Å². The van der Waals surface area contributed by atoms with Gasteiger partial charge in [0.2, 0.25) is 0 Å². The van der Waals surface area contributed by atoms with E-state index in [0.29, 0.717) is 5.75 Å². The van der Waals surface area contributed by atoms with E-state index in [-0.39, 0.29) is 31.4 Å². The normalized spacial score (nSPS) is 10.7. The molecule has 2 aromatic carbocycles. The number of nitrogens with zero attached hydrogens (tertiary/aromatic N) is 1. The summed E-state index contributed by atoms with van der Waals surface area (Å²) in [5.74, 6) is -0.163. The van der Waals surface area contributed by atoms with E-state index < -0.39 is 0 Å². The summed E-state index contributed by atoms with van der Waals surface area (Å²) >= 11 is 1.51. The van der Waals surface area contributed by atoms with Crippen molar-refractivity contribution in [2.75, 3.05) is 6.61 Å². The van der Waals surface area contributed by atoms with Crippen molar-refractivity contribution in [3.63, 3.8) is 0 Å². The smallest absolute Gasteiger partial charge is 0.309 e. The molecular weight excluding hydrogens is 317 g/mol. The summed E-state index contributed by atoms with van der Waals surface area (Å²) in [6, 6.07) is 13.4. The zero-order chi connectivity index (χ0) is 16.1. The van der Waals surface area contributed by atoms with Gasteiger partial charge in [0.05, 0.1) is 23.2 Å². The molecule has 0 atom stereocenters. The Balaban J connectivity index is 1.43. The van der Waals surface area contributed by atoms with Gasteiger partial charge in [-0.3, -0.25) is 4.79 Å². The van der Waals surface area contributed by atoms with E-state index in [1.165, 1.54) is 35.6 Å². The van der Waals surface area contributed by atoms with Crippen LogP contribution in [0.5, 0.6) is 5.75 Å². The van der Waals surface area contributed by atoms with Crippen molar-refractivity contribution in [3.05, 3.63) is 59.4 Å². The highest BCUT2D eigenvalue weighted by Gasteiger charge is 2.08. The predicted molar refractivity (Wildman–Crippen MR) is 85.9 cm³/mol. The maximum atomic E-state index is 12.7. The van der Waals surface area contributed by atoms with Gasteiger partial charge in [0, 0.05) is 0 Å². The monoisotopic (exact) mass is 331 g/mol. The second-order valence-electron chi connectivity index (χ2n) is 4.79. The molecule has 0 aliphatic rings. The minimum Gasteiger partial charge on any atom is -0.493 e. The summed E-state index contributed by atoms with van der Waals surface area (Å²) in [6.07, 6.45) is 0.127. The molecule has 0 aliphatic heterocycles. The number of carbonyl (C=O) groups is 1. The van der Waals surface area contributed by atoms with E-state index in [2.05, 4.69) is 4.98 Å². The highest BCUT2D eigenvalue weighted by atomic mass is 32.1. The molecule has 0 N–H and O–H groups in total. The Morgan fingerprint density at radius 2 is 1.91 bits per heavy atom. The second kappa shape index (κ2) is 7.19. The van der Waals surface area contributed by atoms with Crippen LogP contribution >= 0.6 is 11.3 Å². The van der Waals surface area contributed by atoms with Gasteiger partial charge in [-0.2, -0.15) is 0 Å². The topological polar surface area (TPSA) is 48.4 Å². The number of para-hydroxylation sites is 1. The number of hydrogen-bond donors (Lipinski definition) is 0. The number of halogens is 1. The van der Waals surface area contributed by atoms with Crippen LogP contribution in [0.1, 0.15) is 11.4 Å². The molecule has 6 heteroatoms. The van der Waals surface area contributed by atoms with Crippen LogP contribution in [0.2, 0.25) is 0 Å². The zero-order valence-electron chi connectivity index (χ0n) is 12.2. The Bertz CT molecular complexity index is 768. The van der Waals surface area contributed by atoms with Crippen LogP contribution < -0.4 is 4.74 Å². The number of fused-ring (bicyclic) bond motifs is 1. The average Bonchev–Trinajstić information content (AvgIpc) is 2.98. The number of aromatic nitrogens is 1. The molecule has 118 valence electrons. The lowest BCUT2D eigenvalue weighted by Gasteiger charge is -2.06. The van der Waals surface area contributed by atoms with Crippen LogP contribution in [-0.4, -0.2) is 17.6 Å². The highest BCUT2D eigenvalue weighted by molar-refractivity contribution is 7.18. The van der Waals surface area contributed by atoms with Crippen molar-refractivity contribution in [1.82, 2.24) is 4.98 Å². The first-order valence-corrected chi connectivity index (χ1v) is 7.91. The quantitative estimate of drug-likeness (QED) is 0.642. The SMILES string of the molecule is O=C(CCOc1ccc(F)cc1)OCc1nc2ccccc2s1. The molecule has 1 aromatic heterocycles. The van der Waals surface area contributed by atoms with Crippen molar-refractivity contribution in [2.45, 2.75) is 13.0 Å². The second-order valence-corrected chi connectivity index (χ2v) is 5.90. The number of rotatable bonds is 6. The van der Waals surface area contributed by atoms with Gasteiger partial charge in [-0.25, -0.2) is 9.37 Å². The number of hydrogen-bond acceptors (Lipinski definition) is 5. The lowest BCUT2D eigenvalue weighted by atomic mass is 10.3. The minimum absolute atomic E-state index is 0.127. The Morgan fingerprint density at radius 3 is 2.70 bits per heavy atom. The third-order valence-electron chi connectivity index (χ3n) is 3.08. The zero-order valence-corrected chi connectivity index (χ0v) is 13.0. The van der Waals surface area contributed by atoms with Crippen molar-refractivity contribution < 1.29 is 18.7 Å². The van der Waals surface area contributed by atoms with Gasteiger partial charge < -0.3 is 9.47 Å². The van der Waals surface area contributed by atoms with Crippen LogP contribution in [0, 0.1) is 5.82 Å². The molecule has 0 saturated carbocycles. The van der Waals surface area contributed by atoms with Gasteiger partial charge in [-0.05, 0) is 36.4 Å². The molecule has 0 radical (unpaired) electrons. The summed E-state index contributed by atoms with van der Waals surface area (Å²) in [6.45, 7) is 0.346. The van der Waals surface area contributed by atoms with E-state index >= 15 is 0 Å². The van der Waals surface area contributed by atoms with Crippen LogP contribution in [-0.2, 0) is 16.1 Å². The van der Waals surface area contributed by atoms with Gasteiger partial charge in [0.1, 0.15) is 23.2 Å². The molecule has 0 spiro atoms. The van der Waals surface area contributed by atoms with Crippen molar-refractivity contribution in [2.24, 2.45) is 0 Å². The minimum atomic E-state index is -0.355. The van der Waals surface area contributed by atoms with Gasteiger partial charge in [-0.15, -0.1) is 11.3 Å². The van der Waals surface area contributed by atoms with E-state index in [9.17, 15) is 9.18 Å². The van der Waals surface area contributed by atoms with E-state index in [4.69, 9.17) is 9.47 Å². The Kier molecular flexibility index (Phi) is 4.83. The number of ether oxygens (including phenoxy) is 2. The molecular formula is C17H14FNO3S. The van der Waals surface area contributed by atoms with Crippen molar-refractivity contribution >= 4 is 27.5 Å². The molecule has 0 aliphatic carbocycles. The molecule has 4 nitrogen and oxygen atoms in total. The molecule has 23 heavy (non-hydrogen) atoms. The van der Waals surface area contributed by atoms with E-state index in [1.54, 1.807) is 0 Å². The third-order valence-corrected chi connectivity index (χ3v) is 4.09. The van der Waals surface area contributed by atoms with Gasteiger partial charge >= 0.3 is 5.97 Å². The summed E-state index contributed by atoms with van der Waals surface area (Å²) in [4.78, 5) is 16.1. The Labute approximate surface area is 136 Å². The van der Waals surface area contributed by atoms with Crippen LogP contribution in [0.25, 0.3) is 10.2 Å². The van der Waals surface area contributed by atoms with E-state index in [1.807, 2.05) is 24.3 Å². The molecule has 3 rings (SSSR count). The lowest BCUT2D eigenvalue weighted by Crippen LogP contribution is -2.09. The standard InChI is InChI=1S/C17H14FNO3S/c18-12-5-7-13(8-6-12)21-10-9-17(20)22-11-16-19-14-3-1-2-4-15(14)23-16/h1-8H,9-11H2. The van der Waals surface area contributed by atoms with Crippen LogP contribution in [0.4, 0.5) is 4.39 Å². The Morgan fingerprint density at radius 1 is 1.13 bits per heavy atom. The number of esters is 1. The summed E-state index contributed by atoms with van der Waals surface area (Å²) in [5.41, 5.74) is 0.906. The third kappa shape index (κ3) is 4.26. The molecule has 0 saturated heterocycles. The molecule has 1 heterocycles. The van der Waals surface area contributed by atoms with Gasteiger partial charge in [0.15, 0.2) is 0 Å². The highest BCUT2D eigenvalue weighted by Crippen LogP contribution is 2.22. The largest absolute Gasteiger partial charge is 0.493 e. The fourth-order valence-corrected chi connectivity index (χ4v) is 2.86. The van der Waals surface area contributed by atoms with Crippen LogP contribution in [0.15, 0.2) is 48.5 Å². The summed E-state index contributed by atoms with van der Waals surface area (Å²) in [5, 5.41) is 0.763. The first-order chi connectivity index (χ1) is 11.2. The predicted octanol–water partition coefficient (Wildman–Crippen LogP) is 3.95. The summed E-state index contributed by atoms with van der Waals surface area (Å²) < 4.78 is 24.3. The molecule has 3 aromatic rings. The van der Waals surface area contributed by atoms with Gasteiger partial charge in [0.25, 0.3) is 0 Å². The van der Waals surface area contributed by atoms with E-state index in [0.717, 1.165) is 15.2 Å². The number of thiazole rings is 1. The molecule has 0 amide bonds. The first-order valence-electron chi connectivity index (χ1n) is 7.09. The fourth-order valence-electron chi connectivity index (χ4n) is 1.98. The van der Waals surface area contributed by atoms with Crippen molar-refractivity contribution in [1.29, 1.82) is 0 Å². The number of benzene rings is 2. The molecule has 0 fully saturated rings. The van der Waals surface area contributed by atoms with Gasteiger partial charge in [-0.1, -0.05) is 12.1 Å². The number of carbonyl (C=O) groups excluding carboxylic acids is 1. The lowest BCUT2D eigenvalue weighted by molar-refractivity contribution is -0.145. The molecule has 0 bridgehead atoms. The molecule has 0 unspecified atom stereocenters. The van der Waals surface area contributed by atoms with Crippen molar-refractivity contribution in [3.8, 4) is 5.75 Å². The average molecular weight is 331 g/mol. The first kappa shape index (κ1) is 15.4. The fraction of sp³-hybridized carbons (Fsp3) is 0.176. The summed E-state index contributed by atoms with van der Waals surface area (Å²) in [7, 11) is 0. The Hall–Kier alpha value is -2.47. The maximum absolute atomic E-state index is 12.7. The maximum Gasteiger partial charge on any atom is 0.309 e.